The highest BCUT2D eigenvalue weighted by Gasteiger charge is 2.35. The lowest BCUT2D eigenvalue weighted by Crippen LogP contribution is -2.36. The molecule has 0 aliphatic carbocycles. The van der Waals surface area contributed by atoms with E-state index in [9.17, 15) is 31.4 Å². The summed E-state index contributed by atoms with van der Waals surface area (Å²) in [6.07, 6.45) is -8.35. The number of benzene rings is 2. The van der Waals surface area contributed by atoms with E-state index in [1.165, 1.54) is 31.2 Å². The van der Waals surface area contributed by atoms with Gasteiger partial charge in [-0.1, -0.05) is 11.3 Å². The maximum atomic E-state index is 13.7. The van der Waals surface area contributed by atoms with E-state index in [0.29, 0.717) is 12.8 Å². The molecular formula is C23H23F6N3O3S. The van der Waals surface area contributed by atoms with Gasteiger partial charge < -0.3 is 20.3 Å². The van der Waals surface area contributed by atoms with Gasteiger partial charge >= 0.3 is 12.4 Å². The van der Waals surface area contributed by atoms with Crippen molar-refractivity contribution in [3.05, 3.63) is 58.6 Å². The summed E-state index contributed by atoms with van der Waals surface area (Å²) < 4.78 is 89.4. The molecule has 196 valence electrons. The predicted octanol–water partition coefficient (Wildman–Crippen LogP) is 5.65. The third-order valence-electron chi connectivity index (χ3n) is 5.02. The van der Waals surface area contributed by atoms with Crippen LogP contribution in [0.25, 0.3) is 10.6 Å². The molecule has 3 aromatic rings. The van der Waals surface area contributed by atoms with Crippen LogP contribution in [0.2, 0.25) is 0 Å². The molecule has 0 spiro atoms. The lowest BCUT2D eigenvalue weighted by atomic mass is 10.1. The fourth-order valence-electron chi connectivity index (χ4n) is 2.97. The largest absolute Gasteiger partial charge is 0.494 e. The zero-order valence-corrected chi connectivity index (χ0v) is 19.8. The van der Waals surface area contributed by atoms with Crippen molar-refractivity contribution >= 4 is 11.3 Å². The number of aromatic nitrogens is 2. The Morgan fingerprint density at radius 1 is 0.889 bits per heavy atom. The fraction of sp³-hybridized carbons (Fsp3) is 0.391. The number of hydrogen-bond donors (Lipinski definition) is 2. The van der Waals surface area contributed by atoms with Crippen molar-refractivity contribution in [1.82, 2.24) is 10.2 Å². The number of unbranched alkanes of at least 4 members (excludes halogenated alkanes) is 1. The van der Waals surface area contributed by atoms with Gasteiger partial charge in [-0.3, -0.25) is 0 Å². The minimum absolute atomic E-state index is 0.0240. The van der Waals surface area contributed by atoms with Crippen LogP contribution in [-0.4, -0.2) is 35.1 Å². The van der Waals surface area contributed by atoms with E-state index in [1.807, 2.05) is 0 Å². The lowest BCUT2D eigenvalue weighted by molar-refractivity contribution is -0.139. The summed E-state index contributed by atoms with van der Waals surface area (Å²) in [5.74, 6) is -0.0914. The molecule has 0 saturated heterocycles. The summed E-state index contributed by atoms with van der Waals surface area (Å²) in [4.78, 5) is 0. The van der Waals surface area contributed by atoms with Crippen LogP contribution in [0.15, 0.2) is 42.5 Å². The molecule has 0 saturated carbocycles. The van der Waals surface area contributed by atoms with E-state index in [2.05, 4.69) is 10.2 Å². The number of halogens is 6. The molecule has 1 heterocycles. The number of hydrogen-bond acceptors (Lipinski definition) is 7. The monoisotopic (exact) mass is 535 g/mol. The van der Waals surface area contributed by atoms with Crippen LogP contribution in [0.3, 0.4) is 0 Å². The first-order valence-corrected chi connectivity index (χ1v) is 11.5. The average molecular weight is 536 g/mol. The molecule has 1 atom stereocenters. The van der Waals surface area contributed by atoms with Crippen LogP contribution >= 0.6 is 11.3 Å². The molecule has 0 aliphatic heterocycles. The second-order valence-corrected chi connectivity index (χ2v) is 9.10. The molecule has 3 rings (SSSR count). The molecular weight excluding hydrogens is 512 g/mol. The third-order valence-corrected chi connectivity index (χ3v) is 6.27. The first-order chi connectivity index (χ1) is 16.8. The third kappa shape index (κ3) is 7.08. The number of alkyl halides is 6. The van der Waals surface area contributed by atoms with Crippen molar-refractivity contribution in [2.75, 3.05) is 19.8 Å². The Morgan fingerprint density at radius 3 is 2.11 bits per heavy atom. The average Bonchev–Trinajstić information content (AvgIpc) is 3.32. The van der Waals surface area contributed by atoms with E-state index in [-0.39, 0.29) is 40.3 Å². The molecule has 1 aromatic heterocycles. The Morgan fingerprint density at radius 2 is 1.53 bits per heavy atom. The zero-order valence-electron chi connectivity index (χ0n) is 19.0. The molecule has 0 bridgehead atoms. The summed E-state index contributed by atoms with van der Waals surface area (Å²) in [7, 11) is 0. The Kier molecular flexibility index (Phi) is 8.47. The van der Waals surface area contributed by atoms with Gasteiger partial charge in [0.1, 0.15) is 21.5 Å². The standard InChI is InChI=1S/C23H23F6N3O3S/c1-21(30,13-33)20-32-31-19(36-20)14-4-9-18(17(12-14)23(27,28)29)35-11-3-2-10-34-16-7-5-15(6-8-16)22(24,25)26/h4-9,12,33H,2-3,10-11,13,30H2,1H3. The van der Waals surface area contributed by atoms with Gasteiger partial charge in [0.2, 0.25) is 0 Å². The zero-order chi connectivity index (χ0) is 26.6. The molecule has 0 fully saturated rings. The highest BCUT2D eigenvalue weighted by molar-refractivity contribution is 7.14. The van der Waals surface area contributed by atoms with Crippen molar-refractivity contribution in [2.24, 2.45) is 5.73 Å². The van der Waals surface area contributed by atoms with Gasteiger partial charge in [-0.2, -0.15) is 26.3 Å². The first kappa shape index (κ1) is 27.7. The van der Waals surface area contributed by atoms with Crippen LogP contribution in [0, 0.1) is 0 Å². The first-order valence-electron chi connectivity index (χ1n) is 10.7. The molecule has 0 aliphatic rings. The van der Waals surface area contributed by atoms with Crippen LogP contribution in [0.4, 0.5) is 26.3 Å². The molecule has 3 N–H and O–H groups in total. The minimum atomic E-state index is -4.68. The number of aliphatic hydroxyl groups excluding tert-OH is 1. The highest BCUT2D eigenvalue weighted by atomic mass is 32.1. The van der Waals surface area contributed by atoms with Crippen LogP contribution < -0.4 is 15.2 Å². The van der Waals surface area contributed by atoms with E-state index in [4.69, 9.17) is 15.2 Å². The fourth-order valence-corrected chi connectivity index (χ4v) is 3.85. The SMILES string of the molecule is CC(N)(CO)c1nnc(-c2ccc(OCCCCOc3ccc(C(F)(F)F)cc3)c(C(F)(F)F)c2)s1. The van der Waals surface area contributed by atoms with Gasteiger partial charge in [0.05, 0.1) is 36.5 Å². The van der Waals surface area contributed by atoms with E-state index < -0.39 is 35.6 Å². The summed E-state index contributed by atoms with van der Waals surface area (Å²) in [6, 6.07) is 7.76. The Balaban J connectivity index is 1.57. The van der Waals surface area contributed by atoms with Crippen LogP contribution in [-0.2, 0) is 17.9 Å². The second-order valence-electron chi connectivity index (χ2n) is 8.12. The summed E-state index contributed by atoms with van der Waals surface area (Å²) in [5, 5.41) is 17.6. The van der Waals surface area contributed by atoms with Crippen molar-refractivity contribution < 1.29 is 40.9 Å². The quantitative estimate of drug-likeness (QED) is 0.258. The van der Waals surface area contributed by atoms with E-state index >= 15 is 0 Å². The Labute approximate surface area is 206 Å². The van der Waals surface area contributed by atoms with Crippen molar-refractivity contribution in [1.29, 1.82) is 0 Å². The number of nitrogens with zero attached hydrogens (tertiary/aromatic N) is 2. The summed E-state index contributed by atoms with van der Waals surface area (Å²) in [5.41, 5.74) is 3.15. The van der Waals surface area contributed by atoms with Gasteiger partial charge in [-0.15, -0.1) is 10.2 Å². The lowest BCUT2D eigenvalue weighted by Gasteiger charge is -2.17. The topological polar surface area (TPSA) is 90.5 Å². The van der Waals surface area contributed by atoms with E-state index in [0.717, 1.165) is 29.5 Å². The van der Waals surface area contributed by atoms with Crippen LogP contribution in [0.1, 0.15) is 35.9 Å². The molecule has 1 unspecified atom stereocenters. The van der Waals surface area contributed by atoms with E-state index in [1.54, 1.807) is 0 Å². The summed E-state index contributed by atoms with van der Waals surface area (Å²) >= 11 is 0.985. The molecule has 0 amide bonds. The molecule has 2 aromatic carbocycles. The Bertz CT molecular complexity index is 1150. The van der Waals surface area contributed by atoms with Gasteiger partial charge in [0, 0.05) is 5.56 Å². The van der Waals surface area contributed by atoms with Crippen molar-refractivity contribution in [3.63, 3.8) is 0 Å². The van der Waals surface area contributed by atoms with Crippen molar-refractivity contribution in [2.45, 2.75) is 37.7 Å². The second kappa shape index (κ2) is 11.0. The van der Waals surface area contributed by atoms with Gasteiger partial charge in [0.15, 0.2) is 0 Å². The smallest absolute Gasteiger partial charge is 0.419 e. The Hall–Kier alpha value is -2.90. The molecule has 6 nitrogen and oxygen atoms in total. The van der Waals surface area contributed by atoms with Gasteiger partial charge in [0.25, 0.3) is 0 Å². The number of nitrogens with two attached hydrogens (primary N) is 1. The highest BCUT2D eigenvalue weighted by Crippen LogP contribution is 2.40. The predicted molar refractivity (Wildman–Crippen MR) is 121 cm³/mol. The maximum Gasteiger partial charge on any atom is 0.419 e. The van der Waals surface area contributed by atoms with Crippen molar-refractivity contribution in [3.8, 4) is 22.1 Å². The van der Waals surface area contributed by atoms with Gasteiger partial charge in [-0.05, 0) is 62.2 Å². The molecule has 36 heavy (non-hydrogen) atoms. The maximum absolute atomic E-state index is 13.7. The molecule has 0 radical (unpaired) electrons. The minimum Gasteiger partial charge on any atom is -0.494 e. The number of rotatable bonds is 10. The number of aliphatic hydroxyl groups is 1. The van der Waals surface area contributed by atoms with Crippen LogP contribution in [0.5, 0.6) is 11.5 Å². The normalized spacial score (nSPS) is 13.9. The van der Waals surface area contributed by atoms with Gasteiger partial charge in [-0.25, -0.2) is 0 Å². The molecule has 13 heteroatoms. The summed E-state index contributed by atoms with van der Waals surface area (Å²) in [6.45, 7) is 1.26. The number of ether oxygens (including phenoxy) is 2.